The van der Waals surface area contributed by atoms with Crippen molar-refractivity contribution in [2.75, 3.05) is 19.1 Å². The van der Waals surface area contributed by atoms with Gasteiger partial charge in [0.05, 0.1) is 12.8 Å². The van der Waals surface area contributed by atoms with Crippen molar-refractivity contribution < 1.29 is 9.53 Å². The summed E-state index contributed by atoms with van der Waals surface area (Å²) in [5, 5.41) is 2.62. The number of likely N-dealkylation sites (N-methyl/N-ethyl adjacent to an activating group) is 1. The molecule has 1 heterocycles. The third-order valence-corrected chi connectivity index (χ3v) is 3.77. The summed E-state index contributed by atoms with van der Waals surface area (Å²) in [5.41, 5.74) is 1.84. The van der Waals surface area contributed by atoms with Crippen molar-refractivity contribution in [3.05, 3.63) is 47.0 Å². The van der Waals surface area contributed by atoms with Crippen molar-refractivity contribution in [2.24, 2.45) is 0 Å². The molecule has 5 heteroatoms. The number of hydrogen-bond donors (Lipinski definition) is 0. The predicted octanol–water partition coefficient (Wildman–Crippen LogP) is 3.14. The second kappa shape index (κ2) is 6.34. The Morgan fingerprint density at radius 1 is 1.45 bits per heavy atom. The molecule has 2 aromatic rings. The Bertz CT molecular complexity index is 634. The predicted molar refractivity (Wildman–Crippen MR) is 82.3 cm³/mol. The second-order valence-corrected chi connectivity index (χ2v) is 5.12. The molecule has 0 radical (unpaired) electrons. The van der Waals surface area contributed by atoms with Crippen LogP contribution in [0.3, 0.4) is 0 Å². The molecule has 0 aliphatic carbocycles. The van der Waals surface area contributed by atoms with Crippen LogP contribution in [0.1, 0.15) is 11.3 Å². The van der Waals surface area contributed by atoms with Gasteiger partial charge in [-0.1, -0.05) is 12.1 Å². The molecule has 0 aliphatic heterocycles. The van der Waals surface area contributed by atoms with Gasteiger partial charge in [0.2, 0.25) is 0 Å². The second-order valence-electron chi connectivity index (χ2n) is 4.28. The molecular formula is C15H16N2O2S. The molecule has 0 spiro atoms. The maximum Gasteiger partial charge on any atom is 0.252 e. The van der Waals surface area contributed by atoms with E-state index in [0.717, 1.165) is 17.0 Å². The summed E-state index contributed by atoms with van der Waals surface area (Å²) >= 11 is 1.45. The molecule has 1 aromatic heterocycles. The lowest BCUT2D eigenvalue weighted by atomic mass is 10.2. The molecule has 104 valence electrons. The van der Waals surface area contributed by atoms with E-state index in [4.69, 9.17) is 4.74 Å². The number of methoxy groups -OCH3 is 1. The standard InChI is InChI=1S/C15H16N2O2S/c1-11-10-20-15(16-11)17(2)14(18)8-7-12-5-4-6-13(9-12)19-3/h4-10H,1-3H3/b8-7+. The minimum absolute atomic E-state index is 0.109. The molecule has 2 rings (SSSR count). The first-order valence-electron chi connectivity index (χ1n) is 6.12. The van der Waals surface area contributed by atoms with Crippen LogP contribution in [0.15, 0.2) is 35.7 Å². The van der Waals surface area contributed by atoms with Gasteiger partial charge in [0, 0.05) is 18.5 Å². The van der Waals surface area contributed by atoms with Crippen molar-refractivity contribution in [3.63, 3.8) is 0 Å². The molecule has 0 saturated heterocycles. The smallest absolute Gasteiger partial charge is 0.252 e. The quantitative estimate of drug-likeness (QED) is 0.812. The molecule has 0 fully saturated rings. The molecule has 1 aromatic carbocycles. The molecule has 0 unspecified atom stereocenters. The summed E-state index contributed by atoms with van der Waals surface area (Å²) in [6.45, 7) is 1.91. The minimum Gasteiger partial charge on any atom is -0.497 e. The van der Waals surface area contributed by atoms with Gasteiger partial charge >= 0.3 is 0 Å². The van der Waals surface area contributed by atoms with E-state index < -0.39 is 0 Å². The Balaban J connectivity index is 2.08. The number of anilines is 1. The Morgan fingerprint density at radius 3 is 2.90 bits per heavy atom. The van der Waals surface area contributed by atoms with Crippen molar-refractivity contribution >= 4 is 28.5 Å². The Hall–Kier alpha value is -2.14. The number of carbonyl (C=O) groups excluding carboxylic acids is 1. The van der Waals surface area contributed by atoms with E-state index >= 15 is 0 Å². The number of aromatic nitrogens is 1. The van der Waals surface area contributed by atoms with Crippen molar-refractivity contribution in [3.8, 4) is 5.75 Å². The van der Waals surface area contributed by atoms with Gasteiger partial charge in [-0.3, -0.25) is 9.69 Å². The maximum atomic E-state index is 12.1. The number of benzene rings is 1. The average Bonchev–Trinajstić information content (AvgIpc) is 2.90. The molecule has 1 amide bonds. The fourth-order valence-corrected chi connectivity index (χ4v) is 2.39. The molecule has 0 saturated carbocycles. The van der Waals surface area contributed by atoms with Gasteiger partial charge in [-0.15, -0.1) is 11.3 Å². The summed E-state index contributed by atoms with van der Waals surface area (Å²) in [6, 6.07) is 7.54. The van der Waals surface area contributed by atoms with Crippen LogP contribution in [-0.2, 0) is 4.79 Å². The van der Waals surface area contributed by atoms with Crippen LogP contribution in [0.5, 0.6) is 5.75 Å². The third-order valence-electron chi connectivity index (χ3n) is 2.74. The summed E-state index contributed by atoms with van der Waals surface area (Å²) < 4.78 is 5.14. The Morgan fingerprint density at radius 2 is 2.25 bits per heavy atom. The number of nitrogens with zero attached hydrogens (tertiary/aromatic N) is 2. The Labute approximate surface area is 122 Å². The highest BCUT2D eigenvalue weighted by Gasteiger charge is 2.10. The summed E-state index contributed by atoms with van der Waals surface area (Å²) in [6.07, 6.45) is 3.30. The average molecular weight is 288 g/mol. The van der Waals surface area contributed by atoms with Crippen molar-refractivity contribution in [1.82, 2.24) is 4.98 Å². The Kier molecular flexibility index (Phi) is 4.53. The van der Waals surface area contributed by atoms with Gasteiger partial charge in [-0.05, 0) is 30.7 Å². The van der Waals surface area contributed by atoms with E-state index in [1.165, 1.54) is 22.3 Å². The number of amides is 1. The van der Waals surface area contributed by atoms with Crippen LogP contribution in [0.25, 0.3) is 6.08 Å². The van der Waals surface area contributed by atoms with E-state index in [-0.39, 0.29) is 5.91 Å². The van der Waals surface area contributed by atoms with Crippen molar-refractivity contribution in [1.29, 1.82) is 0 Å². The van der Waals surface area contributed by atoms with Crippen LogP contribution < -0.4 is 9.64 Å². The van der Waals surface area contributed by atoms with Gasteiger partial charge in [0.1, 0.15) is 5.75 Å². The largest absolute Gasteiger partial charge is 0.497 e. The molecule has 4 nitrogen and oxygen atoms in total. The zero-order valence-corrected chi connectivity index (χ0v) is 12.5. The van der Waals surface area contributed by atoms with E-state index in [2.05, 4.69) is 4.98 Å². The molecule has 0 aliphatic rings. The lowest BCUT2D eigenvalue weighted by molar-refractivity contribution is -0.113. The van der Waals surface area contributed by atoms with Crippen LogP contribution >= 0.6 is 11.3 Å². The van der Waals surface area contributed by atoms with E-state index in [9.17, 15) is 4.79 Å². The number of thiazole rings is 1. The lowest BCUT2D eigenvalue weighted by Crippen LogP contribution is -2.23. The van der Waals surface area contributed by atoms with Gasteiger partial charge in [-0.2, -0.15) is 0 Å². The van der Waals surface area contributed by atoms with Crippen LogP contribution in [0.4, 0.5) is 5.13 Å². The lowest BCUT2D eigenvalue weighted by Gasteiger charge is -2.10. The monoisotopic (exact) mass is 288 g/mol. The molecule has 0 atom stereocenters. The molecule has 20 heavy (non-hydrogen) atoms. The highest BCUT2D eigenvalue weighted by molar-refractivity contribution is 7.14. The summed E-state index contributed by atoms with van der Waals surface area (Å²) in [4.78, 5) is 17.9. The molecule has 0 bridgehead atoms. The maximum absolute atomic E-state index is 12.1. The third kappa shape index (κ3) is 3.45. The van der Waals surface area contributed by atoms with E-state index in [0.29, 0.717) is 5.13 Å². The van der Waals surface area contributed by atoms with Crippen molar-refractivity contribution in [2.45, 2.75) is 6.92 Å². The first-order valence-corrected chi connectivity index (χ1v) is 7.00. The summed E-state index contributed by atoms with van der Waals surface area (Å²) in [5.74, 6) is 0.658. The van der Waals surface area contributed by atoms with Gasteiger partial charge in [-0.25, -0.2) is 4.98 Å². The zero-order chi connectivity index (χ0) is 14.5. The SMILES string of the molecule is COc1cccc(/C=C/C(=O)N(C)c2nc(C)cs2)c1. The van der Waals surface area contributed by atoms with Gasteiger partial charge in [0.15, 0.2) is 5.13 Å². The first-order chi connectivity index (χ1) is 9.60. The van der Waals surface area contributed by atoms with Gasteiger partial charge < -0.3 is 4.74 Å². The topological polar surface area (TPSA) is 42.4 Å². The highest BCUT2D eigenvalue weighted by atomic mass is 32.1. The van der Waals surface area contributed by atoms with Crippen LogP contribution in [-0.4, -0.2) is 25.0 Å². The van der Waals surface area contributed by atoms with E-state index in [1.807, 2.05) is 36.6 Å². The number of hydrogen-bond acceptors (Lipinski definition) is 4. The fourth-order valence-electron chi connectivity index (χ4n) is 1.61. The summed E-state index contributed by atoms with van der Waals surface area (Å²) in [7, 11) is 3.34. The van der Waals surface area contributed by atoms with Gasteiger partial charge in [0.25, 0.3) is 5.91 Å². The van der Waals surface area contributed by atoms with Crippen LogP contribution in [0, 0.1) is 6.92 Å². The molecular weight excluding hydrogens is 272 g/mol. The fraction of sp³-hybridized carbons (Fsp3) is 0.200. The number of ether oxygens (including phenoxy) is 1. The van der Waals surface area contributed by atoms with E-state index in [1.54, 1.807) is 20.2 Å². The number of aryl methyl sites for hydroxylation is 1. The molecule has 0 N–H and O–H groups in total. The minimum atomic E-state index is -0.109. The zero-order valence-electron chi connectivity index (χ0n) is 11.7. The number of carbonyl (C=O) groups is 1. The first kappa shape index (κ1) is 14.3. The normalized spacial score (nSPS) is 10.8. The van der Waals surface area contributed by atoms with Crippen LogP contribution in [0.2, 0.25) is 0 Å². The number of rotatable bonds is 4. The highest BCUT2D eigenvalue weighted by Crippen LogP contribution is 2.19.